The van der Waals surface area contributed by atoms with Gasteiger partial charge in [0, 0.05) is 61.8 Å². The SMILES string of the molecule is O=C(Nc1ccccc1)N(CC1CCCC(N(Cc2ccccc2)C(=O)c2ccc3ccccc3c2)C1)c1cccc(OCCN2CCOCC2)c1. The number of ether oxygens (including phenoxy) is 2. The van der Waals surface area contributed by atoms with Gasteiger partial charge in [0.25, 0.3) is 5.91 Å². The second-order valence-corrected chi connectivity index (χ2v) is 13.9. The van der Waals surface area contributed by atoms with Crippen LogP contribution in [0, 0.1) is 5.92 Å². The van der Waals surface area contributed by atoms with Gasteiger partial charge in [-0.3, -0.25) is 14.6 Å². The molecule has 8 heteroatoms. The van der Waals surface area contributed by atoms with Gasteiger partial charge in [0.1, 0.15) is 12.4 Å². The molecule has 1 heterocycles. The topological polar surface area (TPSA) is 74.4 Å². The zero-order valence-corrected chi connectivity index (χ0v) is 29.7. The van der Waals surface area contributed by atoms with Crippen LogP contribution in [0.25, 0.3) is 10.8 Å². The summed E-state index contributed by atoms with van der Waals surface area (Å²) in [5.74, 6) is 0.967. The predicted octanol–water partition coefficient (Wildman–Crippen LogP) is 8.49. The third kappa shape index (κ3) is 9.18. The number of rotatable bonds is 12. The fourth-order valence-electron chi connectivity index (χ4n) is 7.48. The van der Waals surface area contributed by atoms with Gasteiger partial charge in [-0.15, -0.1) is 0 Å². The Bertz CT molecular complexity index is 1910. The first-order chi connectivity index (χ1) is 25.6. The van der Waals surface area contributed by atoms with Gasteiger partial charge in [-0.05, 0) is 77.9 Å². The molecular weight excluding hydrogens is 649 g/mol. The third-order valence-electron chi connectivity index (χ3n) is 10.3. The second kappa shape index (κ2) is 17.4. The van der Waals surface area contributed by atoms with Gasteiger partial charge in [-0.2, -0.15) is 0 Å². The third-order valence-corrected chi connectivity index (χ3v) is 10.3. The second-order valence-electron chi connectivity index (χ2n) is 13.9. The number of nitrogens with zero attached hydrogens (tertiary/aromatic N) is 3. The number of fused-ring (bicyclic) bond motifs is 1. The molecule has 2 aliphatic rings. The largest absolute Gasteiger partial charge is 0.492 e. The van der Waals surface area contributed by atoms with Crippen LogP contribution in [0.15, 0.2) is 127 Å². The zero-order valence-electron chi connectivity index (χ0n) is 29.7. The summed E-state index contributed by atoms with van der Waals surface area (Å²) in [5, 5.41) is 5.29. The Kier molecular flexibility index (Phi) is 11.8. The maximum absolute atomic E-state index is 14.4. The highest BCUT2D eigenvalue weighted by molar-refractivity contribution is 6.02. The van der Waals surface area contributed by atoms with Crippen LogP contribution in [0.5, 0.6) is 5.75 Å². The summed E-state index contributed by atoms with van der Waals surface area (Å²) in [6, 6.07) is 41.7. The lowest BCUT2D eigenvalue weighted by atomic mass is 9.84. The van der Waals surface area contributed by atoms with Crippen LogP contribution < -0.4 is 15.0 Å². The van der Waals surface area contributed by atoms with Crippen LogP contribution in [0.1, 0.15) is 41.6 Å². The quantitative estimate of drug-likeness (QED) is 0.142. The minimum absolute atomic E-state index is 0.0341. The van der Waals surface area contributed by atoms with Gasteiger partial charge >= 0.3 is 6.03 Å². The molecule has 1 aliphatic heterocycles. The van der Waals surface area contributed by atoms with Crippen molar-refractivity contribution in [2.45, 2.75) is 38.3 Å². The van der Waals surface area contributed by atoms with Crippen LogP contribution in [-0.4, -0.2) is 73.8 Å². The number of anilines is 2. The number of hydrogen-bond acceptors (Lipinski definition) is 5. The highest BCUT2D eigenvalue weighted by Gasteiger charge is 2.32. The zero-order chi connectivity index (χ0) is 35.5. The van der Waals surface area contributed by atoms with Crippen molar-refractivity contribution in [1.29, 1.82) is 0 Å². The van der Waals surface area contributed by atoms with Crippen molar-refractivity contribution in [2.24, 2.45) is 5.92 Å². The average molecular weight is 697 g/mol. The summed E-state index contributed by atoms with van der Waals surface area (Å²) in [7, 11) is 0. The summed E-state index contributed by atoms with van der Waals surface area (Å²) in [6.45, 7) is 5.78. The Balaban J connectivity index is 1.11. The lowest BCUT2D eigenvalue weighted by Crippen LogP contribution is -2.45. The smallest absolute Gasteiger partial charge is 0.326 e. The van der Waals surface area contributed by atoms with Gasteiger partial charge in [0.15, 0.2) is 0 Å². The molecule has 5 aromatic rings. The number of nitrogens with one attached hydrogen (secondary N) is 1. The molecule has 8 nitrogen and oxygen atoms in total. The van der Waals surface area contributed by atoms with Crippen LogP contribution in [0.2, 0.25) is 0 Å². The maximum Gasteiger partial charge on any atom is 0.326 e. The number of hydrogen-bond donors (Lipinski definition) is 1. The number of amides is 3. The van der Waals surface area contributed by atoms with Crippen LogP contribution >= 0.6 is 0 Å². The Hall–Kier alpha value is -5.18. The molecule has 2 atom stereocenters. The van der Waals surface area contributed by atoms with Crippen molar-refractivity contribution < 1.29 is 19.1 Å². The molecule has 0 aromatic heterocycles. The molecule has 0 spiro atoms. The molecule has 52 heavy (non-hydrogen) atoms. The molecule has 1 saturated heterocycles. The predicted molar refractivity (Wildman–Crippen MR) is 208 cm³/mol. The van der Waals surface area contributed by atoms with Crippen molar-refractivity contribution in [3.8, 4) is 5.75 Å². The summed E-state index contributed by atoms with van der Waals surface area (Å²) >= 11 is 0. The number of benzene rings is 5. The van der Waals surface area contributed by atoms with Crippen molar-refractivity contribution in [1.82, 2.24) is 9.80 Å². The molecule has 1 aliphatic carbocycles. The number of carbonyl (C=O) groups is 2. The van der Waals surface area contributed by atoms with Crippen molar-refractivity contribution in [2.75, 3.05) is 56.2 Å². The van der Waals surface area contributed by atoms with E-state index in [4.69, 9.17) is 9.47 Å². The molecule has 3 amide bonds. The van der Waals surface area contributed by atoms with Gasteiger partial charge in [-0.1, -0.05) is 91.3 Å². The van der Waals surface area contributed by atoms with E-state index >= 15 is 0 Å². The van der Waals surface area contributed by atoms with Crippen LogP contribution in [0.4, 0.5) is 16.2 Å². The van der Waals surface area contributed by atoms with Crippen molar-refractivity contribution in [3.05, 3.63) is 139 Å². The van der Waals surface area contributed by atoms with E-state index in [9.17, 15) is 9.59 Å². The first-order valence-corrected chi connectivity index (χ1v) is 18.6. The highest BCUT2D eigenvalue weighted by atomic mass is 16.5. The van der Waals surface area contributed by atoms with E-state index in [2.05, 4.69) is 39.4 Å². The Labute approximate surface area is 306 Å². The molecule has 0 radical (unpaired) electrons. The summed E-state index contributed by atoms with van der Waals surface area (Å²) in [6.07, 6.45) is 3.68. The fourth-order valence-corrected chi connectivity index (χ4v) is 7.48. The van der Waals surface area contributed by atoms with Gasteiger partial charge in [0.2, 0.25) is 0 Å². The molecule has 7 rings (SSSR count). The minimum atomic E-state index is -0.188. The molecule has 268 valence electrons. The first kappa shape index (κ1) is 35.2. The Morgan fingerprint density at radius 1 is 0.788 bits per heavy atom. The highest BCUT2D eigenvalue weighted by Crippen LogP contribution is 2.33. The van der Waals surface area contributed by atoms with Crippen LogP contribution in [-0.2, 0) is 11.3 Å². The van der Waals surface area contributed by atoms with E-state index in [1.807, 2.05) is 108 Å². The molecule has 5 aromatic carbocycles. The summed E-state index contributed by atoms with van der Waals surface area (Å²) in [4.78, 5) is 34.7. The van der Waals surface area contributed by atoms with E-state index in [-0.39, 0.29) is 23.9 Å². The molecule has 2 unspecified atom stereocenters. The van der Waals surface area contributed by atoms with Crippen molar-refractivity contribution in [3.63, 3.8) is 0 Å². The standard InChI is InChI=1S/C44H48N4O4/c49-43(38-22-21-36-14-7-8-15-37(36)30-38)47(32-34-11-3-1-4-12-34)40-18-9-13-35(29-40)33-48(44(50)45-39-16-5-2-6-17-39)41-19-10-20-42(31-41)52-28-25-46-23-26-51-27-24-46/h1-8,10-12,14-17,19-22,30-31,35,40H,9,13,18,23-29,32-33H2,(H,45,50). The molecular formula is C44H48N4O4. The van der Waals surface area contributed by atoms with Crippen molar-refractivity contribution >= 4 is 34.1 Å². The lowest BCUT2D eigenvalue weighted by molar-refractivity contribution is 0.0322. The lowest BCUT2D eigenvalue weighted by Gasteiger charge is -2.39. The molecule has 0 bridgehead atoms. The van der Waals surface area contributed by atoms with E-state index in [1.165, 1.54) is 0 Å². The number of para-hydroxylation sites is 1. The monoisotopic (exact) mass is 696 g/mol. The Morgan fingerprint density at radius 2 is 1.54 bits per heavy atom. The normalized spacial score (nSPS) is 17.7. The van der Waals surface area contributed by atoms with Gasteiger partial charge < -0.3 is 19.7 Å². The van der Waals surface area contributed by atoms with E-state index in [0.717, 1.165) is 92.0 Å². The fraction of sp³-hybridized carbons (Fsp3) is 0.318. The maximum atomic E-state index is 14.4. The summed E-state index contributed by atoms with van der Waals surface area (Å²) in [5.41, 5.74) is 3.33. The van der Waals surface area contributed by atoms with E-state index < -0.39 is 0 Å². The number of carbonyl (C=O) groups excluding carboxylic acids is 2. The first-order valence-electron chi connectivity index (χ1n) is 18.6. The van der Waals surface area contributed by atoms with E-state index in [0.29, 0.717) is 25.3 Å². The average Bonchev–Trinajstić information content (AvgIpc) is 3.20. The molecule has 1 saturated carbocycles. The van der Waals surface area contributed by atoms with Gasteiger partial charge in [0.05, 0.1) is 13.2 Å². The summed E-state index contributed by atoms with van der Waals surface area (Å²) < 4.78 is 11.7. The minimum Gasteiger partial charge on any atom is -0.492 e. The van der Waals surface area contributed by atoms with Gasteiger partial charge in [-0.25, -0.2) is 4.79 Å². The number of morpholine rings is 1. The van der Waals surface area contributed by atoms with E-state index in [1.54, 1.807) is 0 Å². The number of urea groups is 1. The molecule has 2 fully saturated rings. The Morgan fingerprint density at radius 3 is 2.35 bits per heavy atom. The van der Waals surface area contributed by atoms with Crippen LogP contribution in [0.3, 0.4) is 0 Å². The molecule has 1 N–H and O–H groups in total.